The third kappa shape index (κ3) is 10.0. The SMILES string of the molecule is CCOC(=O)C(=CCCCCOS(C)(=O)=O)C(=O)OCC. The van der Waals surface area contributed by atoms with E-state index in [9.17, 15) is 18.0 Å². The van der Waals surface area contributed by atoms with Gasteiger partial charge in [0.05, 0.1) is 26.1 Å². The zero-order valence-electron chi connectivity index (χ0n) is 12.6. The quantitative estimate of drug-likeness (QED) is 0.149. The van der Waals surface area contributed by atoms with Crippen LogP contribution in [0.15, 0.2) is 11.6 Å². The van der Waals surface area contributed by atoms with Gasteiger partial charge >= 0.3 is 11.9 Å². The van der Waals surface area contributed by atoms with Gasteiger partial charge in [0.1, 0.15) is 5.57 Å². The summed E-state index contributed by atoms with van der Waals surface area (Å²) in [6.07, 6.45) is 3.89. The van der Waals surface area contributed by atoms with Crippen LogP contribution in [-0.4, -0.2) is 46.4 Å². The summed E-state index contributed by atoms with van der Waals surface area (Å²) in [6.45, 7) is 3.68. The molecule has 0 saturated heterocycles. The van der Waals surface area contributed by atoms with Crippen LogP contribution in [0.3, 0.4) is 0 Å². The Morgan fingerprint density at radius 1 is 1.00 bits per heavy atom. The van der Waals surface area contributed by atoms with Gasteiger partial charge in [0.15, 0.2) is 0 Å². The fourth-order valence-electron chi connectivity index (χ4n) is 1.37. The lowest BCUT2D eigenvalue weighted by Gasteiger charge is -2.06. The van der Waals surface area contributed by atoms with Gasteiger partial charge in [-0.1, -0.05) is 6.08 Å². The Balaban J connectivity index is 4.37. The van der Waals surface area contributed by atoms with Crippen molar-refractivity contribution in [3.8, 4) is 0 Å². The summed E-state index contributed by atoms with van der Waals surface area (Å²) in [7, 11) is -3.43. The van der Waals surface area contributed by atoms with Gasteiger partial charge in [-0.25, -0.2) is 9.59 Å². The van der Waals surface area contributed by atoms with E-state index < -0.39 is 22.1 Å². The van der Waals surface area contributed by atoms with Crippen molar-refractivity contribution in [1.82, 2.24) is 0 Å². The molecular formula is C13H22O7S. The van der Waals surface area contributed by atoms with Crippen LogP contribution < -0.4 is 0 Å². The maximum absolute atomic E-state index is 11.6. The van der Waals surface area contributed by atoms with E-state index in [1.54, 1.807) is 13.8 Å². The van der Waals surface area contributed by atoms with Gasteiger partial charge in [-0.2, -0.15) is 8.42 Å². The lowest BCUT2D eigenvalue weighted by Crippen LogP contribution is -2.18. The molecule has 0 spiro atoms. The Hall–Kier alpha value is -1.41. The topological polar surface area (TPSA) is 96.0 Å². The van der Waals surface area contributed by atoms with Crippen LogP contribution in [0.5, 0.6) is 0 Å². The summed E-state index contributed by atoms with van der Waals surface area (Å²) in [5, 5.41) is 0. The zero-order valence-corrected chi connectivity index (χ0v) is 13.4. The Morgan fingerprint density at radius 2 is 1.52 bits per heavy atom. The van der Waals surface area contributed by atoms with Crippen molar-refractivity contribution in [2.45, 2.75) is 33.1 Å². The van der Waals surface area contributed by atoms with E-state index >= 15 is 0 Å². The van der Waals surface area contributed by atoms with Gasteiger partial charge in [-0.05, 0) is 33.1 Å². The smallest absolute Gasteiger partial charge is 0.345 e. The summed E-state index contributed by atoms with van der Waals surface area (Å²) in [5.74, 6) is -1.44. The molecule has 0 aromatic carbocycles. The molecule has 0 aromatic rings. The zero-order chi connectivity index (χ0) is 16.3. The van der Waals surface area contributed by atoms with Gasteiger partial charge in [-0.15, -0.1) is 0 Å². The van der Waals surface area contributed by atoms with E-state index in [2.05, 4.69) is 4.18 Å². The largest absolute Gasteiger partial charge is 0.462 e. The molecule has 0 aliphatic rings. The molecule has 0 N–H and O–H groups in total. The average molecular weight is 322 g/mol. The van der Waals surface area contributed by atoms with Gasteiger partial charge in [0.25, 0.3) is 10.1 Å². The third-order valence-electron chi connectivity index (χ3n) is 2.24. The molecule has 0 atom stereocenters. The highest BCUT2D eigenvalue weighted by atomic mass is 32.2. The summed E-state index contributed by atoms with van der Waals surface area (Å²) in [6, 6.07) is 0. The molecule has 0 radical (unpaired) electrons. The number of hydrogen-bond donors (Lipinski definition) is 0. The first-order chi connectivity index (χ1) is 9.81. The highest BCUT2D eigenvalue weighted by molar-refractivity contribution is 7.85. The number of allylic oxidation sites excluding steroid dienone is 1. The Kier molecular flexibility index (Phi) is 9.64. The highest BCUT2D eigenvalue weighted by Gasteiger charge is 2.20. The summed E-state index contributed by atoms with van der Waals surface area (Å²) in [4.78, 5) is 23.2. The normalized spacial score (nSPS) is 10.8. The van der Waals surface area contributed by atoms with E-state index in [4.69, 9.17) is 9.47 Å². The second-order valence-corrected chi connectivity index (χ2v) is 5.72. The van der Waals surface area contributed by atoms with E-state index in [0.29, 0.717) is 19.3 Å². The fraction of sp³-hybridized carbons (Fsp3) is 0.692. The molecule has 21 heavy (non-hydrogen) atoms. The number of unbranched alkanes of at least 4 members (excludes halogenated alkanes) is 2. The maximum atomic E-state index is 11.6. The predicted octanol–water partition coefficient (Wildman–Crippen LogP) is 1.19. The minimum atomic E-state index is -3.43. The molecule has 0 aliphatic heterocycles. The average Bonchev–Trinajstić information content (AvgIpc) is 2.36. The Morgan fingerprint density at radius 3 is 1.95 bits per heavy atom. The van der Waals surface area contributed by atoms with E-state index in [-0.39, 0.29) is 25.4 Å². The number of rotatable bonds is 10. The van der Waals surface area contributed by atoms with Crippen LogP contribution in [0, 0.1) is 0 Å². The maximum Gasteiger partial charge on any atom is 0.345 e. The highest BCUT2D eigenvalue weighted by Crippen LogP contribution is 2.07. The molecule has 7 nitrogen and oxygen atoms in total. The molecule has 122 valence electrons. The summed E-state index contributed by atoms with van der Waals surface area (Å²) in [5.41, 5.74) is -0.136. The van der Waals surface area contributed by atoms with Gasteiger partial charge < -0.3 is 9.47 Å². The minimum Gasteiger partial charge on any atom is -0.462 e. The Bertz CT molecular complexity index is 445. The van der Waals surface area contributed by atoms with Crippen molar-refractivity contribution in [3.63, 3.8) is 0 Å². The van der Waals surface area contributed by atoms with Crippen molar-refractivity contribution >= 4 is 22.1 Å². The number of esters is 2. The van der Waals surface area contributed by atoms with Crippen LogP contribution >= 0.6 is 0 Å². The molecule has 0 aliphatic carbocycles. The van der Waals surface area contributed by atoms with Crippen LogP contribution in [0.4, 0.5) is 0 Å². The van der Waals surface area contributed by atoms with Gasteiger partial charge in [0, 0.05) is 0 Å². The van der Waals surface area contributed by atoms with E-state index in [0.717, 1.165) is 6.26 Å². The minimum absolute atomic E-state index is 0.0703. The molecule has 8 heteroatoms. The molecule has 0 amide bonds. The van der Waals surface area contributed by atoms with Crippen LogP contribution in [-0.2, 0) is 33.4 Å². The van der Waals surface area contributed by atoms with Crippen molar-refractivity contribution in [3.05, 3.63) is 11.6 Å². The fourth-order valence-corrected chi connectivity index (χ4v) is 1.79. The monoisotopic (exact) mass is 322 g/mol. The van der Waals surface area contributed by atoms with Crippen LogP contribution in [0.1, 0.15) is 33.1 Å². The van der Waals surface area contributed by atoms with Crippen LogP contribution in [0.2, 0.25) is 0 Å². The van der Waals surface area contributed by atoms with Crippen molar-refractivity contribution in [2.75, 3.05) is 26.1 Å². The number of carbonyl (C=O) groups is 2. The second kappa shape index (κ2) is 10.3. The standard InChI is InChI=1S/C13H22O7S/c1-4-18-12(14)11(13(15)19-5-2)9-7-6-8-10-20-21(3,16)17/h9H,4-8,10H2,1-3H3. The number of ether oxygens (including phenoxy) is 2. The third-order valence-corrected chi connectivity index (χ3v) is 2.83. The summed E-state index contributed by atoms with van der Waals surface area (Å²) >= 11 is 0. The van der Waals surface area contributed by atoms with Crippen LogP contribution in [0.25, 0.3) is 0 Å². The number of hydrogen-bond acceptors (Lipinski definition) is 7. The molecule has 0 unspecified atom stereocenters. The number of carbonyl (C=O) groups excluding carboxylic acids is 2. The van der Waals surface area contributed by atoms with E-state index in [1.165, 1.54) is 6.08 Å². The lowest BCUT2D eigenvalue weighted by molar-refractivity contribution is -0.146. The molecular weight excluding hydrogens is 300 g/mol. The molecule has 0 bridgehead atoms. The summed E-state index contributed by atoms with van der Waals surface area (Å²) < 4.78 is 35.6. The molecule has 0 aromatic heterocycles. The molecule has 0 rings (SSSR count). The van der Waals surface area contributed by atoms with Crippen molar-refractivity contribution in [2.24, 2.45) is 0 Å². The first-order valence-corrected chi connectivity index (χ1v) is 8.52. The first-order valence-electron chi connectivity index (χ1n) is 6.70. The van der Waals surface area contributed by atoms with Crippen molar-refractivity contribution in [1.29, 1.82) is 0 Å². The van der Waals surface area contributed by atoms with Gasteiger partial charge in [0.2, 0.25) is 0 Å². The van der Waals surface area contributed by atoms with E-state index in [1.807, 2.05) is 0 Å². The lowest BCUT2D eigenvalue weighted by atomic mass is 10.1. The molecule has 0 fully saturated rings. The molecule has 0 heterocycles. The second-order valence-electron chi connectivity index (χ2n) is 4.08. The van der Waals surface area contributed by atoms with Crippen molar-refractivity contribution < 1.29 is 31.7 Å². The molecule has 0 saturated carbocycles. The van der Waals surface area contributed by atoms with Gasteiger partial charge in [-0.3, -0.25) is 4.18 Å². The predicted molar refractivity (Wildman–Crippen MR) is 76.0 cm³/mol. The Labute approximate surface area is 125 Å². The first kappa shape index (κ1) is 19.6.